The largest absolute Gasteiger partial charge is 0.467 e. The standard InChI is InChI=1S/C23H21N5O5/c1-15-11-27-19-20(24-22(27)26(15)12-17-9-6-10-32-17)25(2)23(31)28(21(19)30)13-18(29)33-14-16-7-4-3-5-8-16/h3-11H,12-14H2,1-2H3. The Bertz CT molecular complexity index is 1590. The number of imidazole rings is 2. The van der Waals surface area contributed by atoms with Crippen LogP contribution in [-0.4, -0.2) is 29.1 Å². The number of ether oxygens (including phenoxy) is 1. The summed E-state index contributed by atoms with van der Waals surface area (Å²) in [7, 11) is 1.52. The maximum atomic E-state index is 13.3. The Kier molecular flexibility index (Phi) is 4.97. The summed E-state index contributed by atoms with van der Waals surface area (Å²) in [5, 5.41) is 0. The molecule has 10 nitrogen and oxygen atoms in total. The summed E-state index contributed by atoms with van der Waals surface area (Å²) >= 11 is 0. The van der Waals surface area contributed by atoms with Crippen LogP contribution in [0.25, 0.3) is 16.9 Å². The van der Waals surface area contributed by atoms with Gasteiger partial charge in [-0.3, -0.25) is 18.6 Å². The van der Waals surface area contributed by atoms with E-state index in [0.717, 1.165) is 21.6 Å². The lowest BCUT2D eigenvalue weighted by atomic mass is 10.2. The number of aryl methyl sites for hydroxylation is 2. The van der Waals surface area contributed by atoms with Crippen LogP contribution in [0.15, 0.2) is 68.9 Å². The number of aromatic nitrogens is 5. The van der Waals surface area contributed by atoms with Crippen LogP contribution < -0.4 is 11.2 Å². The van der Waals surface area contributed by atoms with E-state index in [0.29, 0.717) is 12.3 Å². The van der Waals surface area contributed by atoms with E-state index in [-0.39, 0.29) is 17.8 Å². The van der Waals surface area contributed by atoms with E-state index in [1.807, 2.05) is 47.9 Å². The zero-order valence-corrected chi connectivity index (χ0v) is 18.1. The fraction of sp³-hybridized carbons (Fsp3) is 0.217. The average molecular weight is 447 g/mol. The van der Waals surface area contributed by atoms with Crippen LogP contribution >= 0.6 is 0 Å². The second kappa shape index (κ2) is 7.97. The van der Waals surface area contributed by atoms with E-state index in [9.17, 15) is 14.4 Å². The number of hydrogen-bond donors (Lipinski definition) is 0. The molecule has 0 aliphatic rings. The van der Waals surface area contributed by atoms with Gasteiger partial charge in [0, 0.05) is 18.9 Å². The van der Waals surface area contributed by atoms with Crippen molar-refractivity contribution in [1.82, 2.24) is 23.1 Å². The number of furan rings is 1. The van der Waals surface area contributed by atoms with Crippen LogP contribution in [0, 0.1) is 6.92 Å². The number of hydrogen-bond acceptors (Lipinski definition) is 6. The number of rotatable bonds is 6. The summed E-state index contributed by atoms with van der Waals surface area (Å²) in [5.41, 5.74) is 0.878. The normalized spacial score (nSPS) is 11.5. The molecule has 0 amide bonds. The number of esters is 1. The van der Waals surface area contributed by atoms with Crippen molar-refractivity contribution < 1.29 is 13.9 Å². The van der Waals surface area contributed by atoms with Crippen molar-refractivity contribution in [3.8, 4) is 0 Å². The fourth-order valence-corrected chi connectivity index (χ4v) is 3.86. The molecule has 0 unspecified atom stereocenters. The van der Waals surface area contributed by atoms with Crippen LogP contribution in [0.1, 0.15) is 17.0 Å². The molecule has 0 saturated heterocycles. The third kappa shape index (κ3) is 3.55. The molecule has 0 aliphatic heterocycles. The topological polar surface area (TPSA) is 106 Å². The molecule has 10 heteroatoms. The second-order valence-corrected chi connectivity index (χ2v) is 7.77. The van der Waals surface area contributed by atoms with Crippen molar-refractivity contribution in [1.29, 1.82) is 0 Å². The van der Waals surface area contributed by atoms with Crippen molar-refractivity contribution in [3.05, 3.63) is 92.8 Å². The quantitative estimate of drug-likeness (QED) is 0.368. The monoisotopic (exact) mass is 447 g/mol. The summed E-state index contributed by atoms with van der Waals surface area (Å²) in [5.74, 6) is 0.552. The number of carbonyl (C=O) groups is 1. The van der Waals surface area contributed by atoms with Gasteiger partial charge in [-0.25, -0.2) is 9.36 Å². The molecule has 168 valence electrons. The lowest BCUT2D eigenvalue weighted by Gasteiger charge is -2.08. The predicted molar refractivity (Wildman–Crippen MR) is 119 cm³/mol. The zero-order valence-electron chi connectivity index (χ0n) is 18.1. The number of carbonyl (C=O) groups excluding carboxylic acids is 1. The van der Waals surface area contributed by atoms with Gasteiger partial charge in [-0.05, 0) is 24.6 Å². The third-order valence-corrected chi connectivity index (χ3v) is 5.56. The Morgan fingerprint density at radius 3 is 2.61 bits per heavy atom. The molecule has 4 aromatic heterocycles. The summed E-state index contributed by atoms with van der Waals surface area (Å²) in [6.07, 6.45) is 3.37. The van der Waals surface area contributed by atoms with Gasteiger partial charge in [0.15, 0.2) is 11.2 Å². The minimum atomic E-state index is -0.676. The average Bonchev–Trinajstić information content (AvgIpc) is 3.52. The molecule has 0 aliphatic carbocycles. The van der Waals surface area contributed by atoms with E-state index in [1.165, 1.54) is 11.6 Å². The van der Waals surface area contributed by atoms with Crippen LogP contribution in [0.5, 0.6) is 0 Å². The Morgan fingerprint density at radius 1 is 1.09 bits per heavy atom. The first-order valence-corrected chi connectivity index (χ1v) is 10.3. The molecule has 0 atom stereocenters. The molecule has 0 radical (unpaired) electrons. The molecular weight excluding hydrogens is 426 g/mol. The van der Waals surface area contributed by atoms with Gasteiger partial charge in [0.05, 0.1) is 12.8 Å². The summed E-state index contributed by atoms with van der Waals surface area (Å²) in [6.45, 7) is 1.88. The van der Waals surface area contributed by atoms with Crippen LogP contribution in [-0.2, 0) is 36.3 Å². The van der Waals surface area contributed by atoms with E-state index in [1.54, 1.807) is 22.9 Å². The van der Waals surface area contributed by atoms with E-state index < -0.39 is 23.8 Å². The summed E-state index contributed by atoms with van der Waals surface area (Å²) in [6, 6.07) is 12.8. The number of benzene rings is 1. The molecule has 0 N–H and O–H groups in total. The minimum Gasteiger partial charge on any atom is -0.467 e. The third-order valence-electron chi connectivity index (χ3n) is 5.56. The SMILES string of the molecule is Cc1cn2c3c(=O)n(CC(=O)OCc4ccccc4)c(=O)n(C)c3nc2n1Cc1ccco1. The van der Waals surface area contributed by atoms with E-state index in [2.05, 4.69) is 4.98 Å². The molecule has 1 aromatic carbocycles. The van der Waals surface area contributed by atoms with Crippen LogP contribution in [0.3, 0.4) is 0 Å². The predicted octanol–water partition coefficient (Wildman–Crippen LogP) is 1.84. The number of fused-ring (bicyclic) bond motifs is 3. The Hall–Kier alpha value is -4.34. The van der Waals surface area contributed by atoms with Crippen molar-refractivity contribution in [2.45, 2.75) is 26.6 Å². The van der Waals surface area contributed by atoms with Gasteiger partial charge in [-0.15, -0.1) is 0 Å². The first-order chi connectivity index (χ1) is 15.9. The maximum Gasteiger partial charge on any atom is 0.333 e. The molecule has 0 saturated carbocycles. The van der Waals surface area contributed by atoms with E-state index in [4.69, 9.17) is 9.15 Å². The Balaban J connectivity index is 1.54. The van der Waals surface area contributed by atoms with E-state index >= 15 is 0 Å². The van der Waals surface area contributed by atoms with Crippen molar-refractivity contribution in [3.63, 3.8) is 0 Å². The minimum absolute atomic E-state index is 0.0583. The second-order valence-electron chi connectivity index (χ2n) is 7.77. The van der Waals surface area contributed by atoms with Gasteiger partial charge in [-0.1, -0.05) is 30.3 Å². The van der Waals surface area contributed by atoms with Gasteiger partial charge < -0.3 is 13.7 Å². The highest BCUT2D eigenvalue weighted by Crippen LogP contribution is 2.18. The van der Waals surface area contributed by atoms with Crippen molar-refractivity contribution >= 4 is 22.9 Å². The smallest absolute Gasteiger partial charge is 0.333 e. The molecule has 4 heterocycles. The maximum absolute atomic E-state index is 13.3. The molecule has 5 aromatic rings. The number of nitrogens with zero attached hydrogens (tertiary/aromatic N) is 5. The molecular formula is C23H21N5O5. The highest BCUT2D eigenvalue weighted by atomic mass is 16.5. The Morgan fingerprint density at radius 2 is 1.88 bits per heavy atom. The van der Waals surface area contributed by atoms with Crippen molar-refractivity contribution in [2.75, 3.05) is 0 Å². The molecule has 5 rings (SSSR count). The van der Waals surface area contributed by atoms with Gasteiger partial charge >= 0.3 is 11.7 Å². The van der Waals surface area contributed by atoms with Gasteiger partial charge in [-0.2, -0.15) is 4.98 Å². The fourth-order valence-electron chi connectivity index (χ4n) is 3.86. The summed E-state index contributed by atoms with van der Waals surface area (Å²) < 4.78 is 16.4. The first kappa shape index (κ1) is 20.6. The Labute approximate surface area is 186 Å². The summed E-state index contributed by atoms with van der Waals surface area (Å²) in [4.78, 5) is 43.1. The highest BCUT2D eigenvalue weighted by Gasteiger charge is 2.22. The van der Waals surface area contributed by atoms with Gasteiger partial charge in [0.25, 0.3) is 5.56 Å². The van der Waals surface area contributed by atoms with Gasteiger partial charge in [0.2, 0.25) is 5.78 Å². The molecule has 0 fully saturated rings. The lowest BCUT2D eigenvalue weighted by molar-refractivity contribution is -0.145. The molecule has 0 bridgehead atoms. The highest BCUT2D eigenvalue weighted by molar-refractivity contribution is 5.76. The van der Waals surface area contributed by atoms with Crippen molar-refractivity contribution in [2.24, 2.45) is 7.05 Å². The molecule has 0 spiro atoms. The van der Waals surface area contributed by atoms with Crippen LogP contribution in [0.2, 0.25) is 0 Å². The molecule has 33 heavy (non-hydrogen) atoms. The van der Waals surface area contributed by atoms with Crippen LogP contribution in [0.4, 0.5) is 0 Å². The lowest BCUT2D eigenvalue weighted by Crippen LogP contribution is -2.41. The van der Waals surface area contributed by atoms with Gasteiger partial charge in [0.1, 0.15) is 18.9 Å². The zero-order chi connectivity index (χ0) is 23.1. The first-order valence-electron chi connectivity index (χ1n) is 10.3.